The van der Waals surface area contributed by atoms with E-state index in [1.54, 1.807) is 0 Å². The molecule has 0 radical (unpaired) electrons. The van der Waals surface area contributed by atoms with Gasteiger partial charge in [-0.25, -0.2) is 8.42 Å². The van der Waals surface area contributed by atoms with Gasteiger partial charge < -0.3 is 0 Å². The molecular weight excluding hydrogens is 343 g/mol. The van der Waals surface area contributed by atoms with Crippen molar-refractivity contribution < 1.29 is 21.6 Å². The lowest BCUT2D eigenvalue weighted by atomic mass is 10.3. The van der Waals surface area contributed by atoms with Gasteiger partial charge in [-0.1, -0.05) is 15.9 Å². The van der Waals surface area contributed by atoms with Crippen molar-refractivity contribution in [2.75, 3.05) is 30.9 Å². The standard InChI is InChI=1S/C8H13BrF3NO2S2/c1-17(14,15)7-5-16-3-2-13(7)4-6(9)8(10,11)12/h6-7H,2-5H2,1H3. The molecule has 0 aliphatic carbocycles. The van der Waals surface area contributed by atoms with Crippen LogP contribution in [-0.2, 0) is 9.84 Å². The Morgan fingerprint density at radius 3 is 2.59 bits per heavy atom. The fourth-order valence-electron chi connectivity index (χ4n) is 1.53. The molecule has 0 bridgehead atoms. The molecule has 1 rings (SSSR count). The Hall–Kier alpha value is 0.530. The fourth-order valence-corrected chi connectivity index (χ4v) is 4.85. The zero-order valence-electron chi connectivity index (χ0n) is 9.08. The van der Waals surface area contributed by atoms with Gasteiger partial charge in [0.05, 0.1) is 0 Å². The third-order valence-corrected chi connectivity index (χ3v) is 5.93. The second-order valence-electron chi connectivity index (χ2n) is 3.86. The zero-order chi connectivity index (χ0) is 13.3. The van der Waals surface area contributed by atoms with Crippen LogP contribution in [0.2, 0.25) is 0 Å². The van der Waals surface area contributed by atoms with Gasteiger partial charge >= 0.3 is 6.18 Å². The molecule has 1 aliphatic rings. The molecule has 1 fully saturated rings. The highest BCUT2D eigenvalue weighted by atomic mass is 79.9. The largest absolute Gasteiger partial charge is 0.402 e. The van der Waals surface area contributed by atoms with E-state index in [0.717, 1.165) is 6.26 Å². The molecule has 1 aliphatic heterocycles. The van der Waals surface area contributed by atoms with Crippen LogP contribution in [0.4, 0.5) is 13.2 Å². The molecule has 0 aromatic carbocycles. The predicted molar refractivity (Wildman–Crippen MR) is 66.3 cm³/mol. The first kappa shape index (κ1) is 15.6. The van der Waals surface area contributed by atoms with E-state index in [1.807, 2.05) is 0 Å². The summed E-state index contributed by atoms with van der Waals surface area (Å²) in [6.07, 6.45) is -3.29. The number of sulfone groups is 1. The Bertz CT molecular complexity index is 360. The minimum absolute atomic E-state index is 0.330. The van der Waals surface area contributed by atoms with Gasteiger partial charge in [-0.2, -0.15) is 24.9 Å². The van der Waals surface area contributed by atoms with Crippen molar-refractivity contribution in [1.82, 2.24) is 4.90 Å². The molecule has 1 heterocycles. The van der Waals surface area contributed by atoms with E-state index in [2.05, 4.69) is 15.9 Å². The summed E-state index contributed by atoms with van der Waals surface area (Å²) < 4.78 is 60.2. The van der Waals surface area contributed by atoms with Crippen molar-refractivity contribution >= 4 is 37.5 Å². The van der Waals surface area contributed by atoms with Gasteiger partial charge in [-0.15, -0.1) is 0 Å². The van der Waals surface area contributed by atoms with E-state index in [1.165, 1.54) is 16.7 Å². The molecule has 0 aromatic heterocycles. The van der Waals surface area contributed by atoms with E-state index in [0.29, 0.717) is 18.1 Å². The molecule has 2 atom stereocenters. The van der Waals surface area contributed by atoms with E-state index in [9.17, 15) is 21.6 Å². The Morgan fingerprint density at radius 2 is 2.12 bits per heavy atom. The summed E-state index contributed by atoms with van der Waals surface area (Å²) in [6, 6.07) is 0. The summed E-state index contributed by atoms with van der Waals surface area (Å²) in [7, 11) is -3.35. The van der Waals surface area contributed by atoms with Crippen LogP contribution in [0.15, 0.2) is 0 Å². The van der Waals surface area contributed by atoms with Crippen LogP contribution in [0.25, 0.3) is 0 Å². The molecule has 102 valence electrons. The van der Waals surface area contributed by atoms with Crippen molar-refractivity contribution in [3.8, 4) is 0 Å². The first-order valence-electron chi connectivity index (χ1n) is 4.84. The molecule has 0 aromatic rings. The Labute approximate surface area is 111 Å². The van der Waals surface area contributed by atoms with Gasteiger partial charge in [0, 0.05) is 30.9 Å². The van der Waals surface area contributed by atoms with Gasteiger partial charge in [0.2, 0.25) is 0 Å². The number of halogens is 4. The molecule has 0 N–H and O–H groups in total. The average molecular weight is 356 g/mol. The van der Waals surface area contributed by atoms with Crippen molar-refractivity contribution in [3.63, 3.8) is 0 Å². The first-order chi connectivity index (χ1) is 7.62. The van der Waals surface area contributed by atoms with Crippen molar-refractivity contribution in [3.05, 3.63) is 0 Å². The van der Waals surface area contributed by atoms with E-state index in [-0.39, 0.29) is 6.54 Å². The predicted octanol–water partition coefficient (Wildman–Crippen LogP) is 1.73. The molecule has 2 unspecified atom stereocenters. The zero-order valence-corrected chi connectivity index (χ0v) is 12.3. The molecular formula is C8H13BrF3NO2S2. The number of hydrogen-bond acceptors (Lipinski definition) is 4. The highest BCUT2D eigenvalue weighted by Crippen LogP contribution is 2.29. The Kier molecular flexibility index (Phi) is 5.19. The quantitative estimate of drug-likeness (QED) is 0.722. The lowest BCUT2D eigenvalue weighted by molar-refractivity contribution is -0.130. The molecule has 0 saturated carbocycles. The van der Waals surface area contributed by atoms with Gasteiger partial charge in [0.15, 0.2) is 9.84 Å². The average Bonchev–Trinajstić information content (AvgIpc) is 2.15. The summed E-state index contributed by atoms with van der Waals surface area (Å²) in [6.45, 7) is 0.0301. The van der Waals surface area contributed by atoms with E-state index in [4.69, 9.17) is 0 Å². The van der Waals surface area contributed by atoms with Crippen LogP contribution in [0.5, 0.6) is 0 Å². The van der Waals surface area contributed by atoms with Crippen LogP contribution >= 0.6 is 27.7 Å². The maximum atomic E-state index is 12.4. The highest BCUT2D eigenvalue weighted by molar-refractivity contribution is 9.09. The molecule has 0 spiro atoms. The SMILES string of the molecule is CS(=O)(=O)C1CSCCN1CC(Br)C(F)(F)F. The van der Waals surface area contributed by atoms with Gasteiger partial charge in [-0.05, 0) is 0 Å². The van der Waals surface area contributed by atoms with Crippen LogP contribution in [0, 0.1) is 0 Å². The van der Waals surface area contributed by atoms with E-state index < -0.39 is 26.2 Å². The fraction of sp³-hybridized carbons (Fsp3) is 1.00. The number of rotatable bonds is 3. The maximum Gasteiger partial charge on any atom is 0.402 e. The third kappa shape index (κ3) is 4.60. The smallest absolute Gasteiger partial charge is 0.284 e. The number of nitrogens with zero attached hydrogens (tertiary/aromatic N) is 1. The van der Waals surface area contributed by atoms with Crippen molar-refractivity contribution in [2.45, 2.75) is 16.4 Å². The lowest BCUT2D eigenvalue weighted by Crippen LogP contribution is -2.50. The van der Waals surface area contributed by atoms with Crippen LogP contribution in [0.3, 0.4) is 0 Å². The summed E-state index contributed by atoms with van der Waals surface area (Å²) in [5.74, 6) is 0.986. The molecule has 9 heteroatoms. The molecule has 0 amide bonds. The Morgan fingerprint density at radius 1 is 1.53 bits per heavy atom. The topological polar surface area (TPSA) is 37.4 Å². The molecule has 3 nitrogen and oxygen atoms in total. The van der Waals surface area contributed by atoms with Gasteiger partial charge in [0.1, 0.15) is 10.2 Å². The summed E-state index contributed by atoms with van der Waals surface area (Å²) in [5.41, 5.74) is 0. The van der Waals surface area contributed by atoms with Crippen molar-refractivity contribution in [2.24, 2.45) is 0 Å². The van der Waals surface area contributed by atoms with E-state index >= 15 is 0 Å². The normalized spacial score (nSPS) is 25.8. The maximum absolute atomic E-state index is 12.4. The summed E-state index contributed by atoms with van der Waals surface area (Å²) >= 11 is 4.01. The number of hydrogen-bond donors (Lipinski definition) is 0. The molecule has 17 heavy (non-hydrogen) atoms. The van der Waals surface area contributed by atoms with Crippen molar-refractivity contribution in [1.29, 1.82) is 0 Å². The monoisotopic (exact) mass is 355 g/mol. The lowest BCUT2D eigenvalue weighted by Gasteiger charge is -2.35. The Balaban J connectivity index is 2.73. The van der Waals surface area contributed by atoms with Crippen LogP contribution < -0.4 is 0 Å². The van der Waals surface area contributed by atoms with Crippen LogP contribution in [0.1, 0.15) is 0 Å². The number of thioether (sulfide) groups is 1. The summed E-state index contributed by atoms with van der Waals surface area (Å²) in [4.78, 5) is -0.305. The molecule has 1 saturated heterocycles. The number of alkyl halides is 4. The van der Waals surface area contributed by atoms with Gasteiger partial charge in [0.25, 0.3) is 0 Å². The first-order valence-corrected chi connectivity index (χ1v) is 8.86. The third-order valence-electron chi connectivity index (χ3n) is 2.43. The second-order valence-corrected chi connectivity index (χ2v) is 8.32. The minimum Gasteiger partial charge on any atom is -0.284 e. The summed E-state index contributed by atoms with van der Waals surface area (Å²) in [5, 5.41) is -0.816. The van der Waals surface area contributed by atoms with Crippen LogP contribution in [-0.4, -0.2) is 60.5 Å². The highest BCUT2D eigenvalue weighted by Gasteiger charge is 2.41. The minimum atomic E-state index is -4.35. The second kappa shape index (κ2) is 5.66. The van der Waals surface area contributed by atoms with Gasteiger partial charge in [-0.3, -0.25) is 4.90 Å².